The minimum atomic E-state index is -0.847. The Balaban J connectivity index is 1.41. The van der Waals surface area contributed by atoms with Crippen molar-refractivity contribution in [1.82, 2.24) is 14.9 Å². The lowest BCUT2D eigenvalue weighted by Gasteiger charge is -2.27. The number of primary amides is 1. The Kier molecular flexibility index (Phi) is 7.28. The van der Waals surface area contributed by atoms with Crippen LogP contribution in [0.5, 0.6) is 5.75 Å². The van der Waals surface area contributed by atoms with Gasteiger partial charge in [-0.3, -0.25) is 14.7 Å². The molecule has 1 aliphatic rings. The molecule has 0 aliphatic carbocycles. The predicted octanol–water partition coefficient (Wildman–Crippen LogP) is 5.80. The number of nitrogens with zero attached hydrogens (tertiary/aromatic N) is 2. The number of hydrogen-bond donors (Lipinski definition) is 4. The number of amides is 1. The number of aromatic amines is 1. The van der Waals surface area contributed by atoms with Crippen molar-refractivity contribution in [2.45, 2.75) is 19.8 Å². The van der Waals surface area contributed by atoms with Crippen molar-refractivity contribution < 1.29 is 13.9 Å². The van der Waals surface area contributed by atoms with Crippen molar-refractivity contribution in [2.75, 3.05) is 37.4 Å². The zero-order valence-corrected chi connectivity index (χ0v) is 21.5. The van der Waals surface area contributed by atoms with Crippen LogP contribution in [-0.4, -0.2) is 47.5 Å². The summed E-state index contributed by atoms with van der Waals surface area (Å²) >= 11 is 0. The summed E-state index contributed by atoms with van der Waals surface area (Å²) in [7, 11) is 1.66. The van der Waals surface area contributed by atoms with E-state index in [4.69, 9.17) is 10.5 Å². The number of benzene rings is 2. The van der Waals surface area contributed by atoms with Crippen LogP contribution in [0.1, 0.15) is 35.7 Å². The van der Waals surface area contributed by atoms with Gasteiger partial charge in [0.15, 0.2) is 0 Å². The lowest BCUT2D eigenvalue weighted by Crippen LogP contribution is -2.30. The summed E-state index contributed by atoms with van der Waals surface area (Å²) in [6.45, 7) is 5.35. The average Bonchev–Trinajstić information content (AvgIpc) is 3.33. The van der Waals surface area contributed by atoms with Crippen LogP contribution in [0.4, 0.5) is 27.3 Å². The van der Waals surface area contributed by atoms with E-state index in [1.54, 1.807) is 25.6 Å². The van der Waals surface area contributed by atoms with Crippen molar-refractivity contribution in [2.24, 2.45) is 5.73 Å². The van der Waals surface area contributed by atoms with Crippen molar-refractivity contribution in [1.29, 1.82) is 0 Å². The van der Waals surface area contributed by atoms with Gasteiger partial charge in [-0.25, -0.2) is 4.39 Å². The molecule has 8 nitrogen and oxygen atoms in total. The van der Waals surface area contributed by atoms with E-state index in [0.717, 1.165) is 66.2 Å². The Morgan fingerprint density at radius 2 is 2.03 bits per heavy atom. The van der Waals surface area contributed by atoms with Gasteiger partial charge in [-0.15, -0.1) is 0 Å². The first kappa shape index (κ1) is 25.3. The molecule has 0 radical (unpaired) electrons. The maximum atomic E-state index is 14.2. The number of halogens is 1. The fraction of sp³-hybridized carbons (Fsp3) is 0.241. The van der Waals surface area contributed by atoms with Crippen LogP contribution in [0, 0.1) is 5.82 Å². The third kappa shape index (κ3) is 5.19. The van der Waals surface area contributed by atoms with E-state index in [1.807, 2.05) is 12.1 Å². The van der Waals surface area contributed by atoms with E-state index < -0.39 is 11.7 Å². The first-order valence-corrected chi connectivity index (χ1v) is 12.7. The third-order valence-corrected chi connectivity index (χ3v) is 6.69. The van der Waals surface area contributed by atoms with Gasteiger partial charge in [-0.05, 0) is 60.9 Å². The Bertz CT molecular complexity index is 1510. The Morgan fingerprint density at radius 3 is 2.82 bits per heavy atom. The Morgan fingerprint density at radius 1 is 1.16 bits per heavy atom. The molecule has 0 bridgehead atoms. The van der Waals surface area contributed by atoms with E-state index in [9.17, 15) is 9.18 Å². The molecule has 4 aromatic rings. The SMILES string of the molecule is CCCN1CCC=C(c2ccc(Nc3cc4c(Nc5cccc(F)c5C(N)=O)cncc4[nH]3)c(OC)c2)C1. The lowest BCUT2D eigenvalue weighted by atomic mass is 10.00. The van der Waals surface area contributed by atoms with Crippen LogP contribution >= 0.6 is 0 Å². The normalized spacial score (nSPS) is 13.8. The highest BCUT2D eigenvalue weighted by Gasteiger charge is 2.17. The Hall–Kier alpha value is -4.37. The molecule has 9 heteroatoms. The van der Waals surface area contributed by atoms with Crippen LogP contribution in [0.15, 0.2) is 60.9 Å². The van der Waals surface area contributed by atoms with Gasteiger partial charge in [-0.1, -0.05) is 25.1 Å². The monoisotopic (exact) mass is 514 g/mol. The van der Waals surface area contributed by atoms with Gasteiger partial charge >= 0.3 is 0 Å². The first-order valence-electron chi connectivity index (χ1n) is 12.7. The first-order chi connectivity index (χ1) is 18.5. The van der Waals surface area contributed by atoms with Gasteiger partial charge in [0.2, 0.25) is 0 Å². The van der Waals surface area contributed by atoms with Crippen molar-refractivity contribution in [3.05, 3.63) is 77.9 Å². The van der Waals surface area contributed by atoms with E-state index in [2.05, 4.69) is 50.6 Å². The number of pyridine rings is 1. The number of rotatable bonds is 9. The number of carbonyl (C=O) groups excluding carboxylic acids is 1. The fourth-order valence-electron chi connectivity index (χ4n) is 4.90. The number of hydrogen-bond acceptors (Lipinski definition) is 6. The molecular weight excluding hydrogens is 483 g/mol. The van der Waals surface area contributed by atoms with Crippen molar-refractivity contribution >= 4 is 45.3 Å². The maximum Gasteiger partial charge on any atom is 0.253 e. The van der Waals surface area contributed by atoms with E-state index in [-0.39, 0.29) is 11.3 Å². The highest BCUT2D eigenvalue weighted by molar-refractivity contribution is 6.02. The second-order valence-corrected chi connectivity index (χ2v) is 9.32. The molecule has 196 valence electrons. The number of aromatic nitrogens is 2. The number of nitrogens with one attached hydrogen (secondary N) is 3. The number of carbonyl (C=O) groups is 1. The molecule has 1 amide bonds. The highest BCUT2D eigenvalue weighted by atomic mass is 19.1. The quantitative estimate of drug-likeness (QED) is 0.225. The van der Waals surface area contributed by atoms with Crippen LogP contribution in [-0.2, 0) is 0 Å². The van der Waals surface area contributed by atoms with E-state index in [0.29, 0.717) is 5.69 Å². The number of methoxy groups -OCH3 is 1. The zero-order chi connectivity index (χ0) is 26.6. The molecule has 1 aliphatic heterocycles. The highest BCUT2D eigenvalue weighted by Crippen LogP contribution is 2.35. The molecular formula is C29H31FN6O2. The van der Waals surface area contributed by atoms with Gasteiger partial charge in [0.1, 0.15) is 17.4 Å². The molecule has 5 rings (SSSR count). The lowest BCUT2D eigenvalue weighted by molar-refractivity contribution is 0.0997. The second kappa shape index (κ2) is 10.9. The summed E-state index contributed by atoms with van der Waals surface area (Å²) in [5.41, 5.74) is 10.1. The van der Waals surface area contributed by atoms with Gasteiger partial charge in [0.05, 0.1) is 47.6 Å². The van der Waals surface area contributed by atoms with Gasteiger partial charge in [0, 0.05) is 18.5 Å². The summed E-state index contributed by atoms with van der Waals surface area (Å²) in [5, 5.41) is 7.32. The Labute approximate surface area is 220 Å². The number of ether oxygens (including phenoxy) is 1. The number of fused-ring (bicyclic) bond motifs is 1. The molecule has 0 unspecified atom stereocenters. The number of anilines is 4. The van der Waals surface area contributed by atoms with Crippen LogP contribution < -0.4 is 21.1 Å². The van der Waals surface area contributed by atoms with Crippen molar-refractivity contribution in [3.63, 3.8) is 0 Å². The second-order valence-electron chi connectivity index (χ2n) is 9.32. The minimum Gasteiger partial charge on any atom is -0.495 e. The molecule has 0 fully saturated rings. The molecule has 5 N–H and O–H groups in total. The molecule has 0 spiro atoms. The summed E-state index contributed by atoms with van der Waals surface area (Å²) in [6, 6.07) is 12.4. The smallest absolute Gasteiger partial charge is 0.253 e. The van der Waals surface area contributed by atoms with Crippen LogP contribution in [0.2, 0.25) is 0 Å². The maximum absolute atomic E-state index is 14.2. The minimum absolute atomic E-state index is 0.200. The summed E-state index contributed by atoms with van der Waals surface area (Å²) in [4.78, 5) is 21.9. The largest absolute Gasteiger partial charge is 0.495 e. The fourth-order valence-corrected chi connectivity index (χ4v) is 4.90. The zero-order valence-electron chi connectivity index (χ0n) is 21.5. The third-order valence-electron chi connectivity index (χ3n) is 6.69. The van der Waals surface area contributed by atoms with Crippen molar-refractivity contribution in [3.8, 4) is 5.75 Å². The summed E-state index contributed by atoms with van der Waals surface area (Å²) in [5.74, 6) is -0.0732. The summed E-state index contributed by atoms with van der Waals surface area (Å²) in [6.07, 6.45) is 7.82. The molecule has 3 heterocycles. The van der Waals surface area contributed by atoms with Crippen LogP contribution in [0.25, 0.3) is 16.5 Å². The molecule has 38 heavy (non-hydrogen) atoms. The standard InChI is InChI=1S/C29H31FN6O2/c1-3-11-36-12-5-6-19(17-36)18-9-10-22(26(13-18)38-2)34-27-14-20-24(15-32-16-25(20)35-27)33-23-8-4-7-21(30)28(23)29(31)37/h4,6-10,13-16,33-35H,3,5,11-12,17H2,1-2H3,(H2,31,37). The van der Waals surface area contributed by atoms with E-state index >= 15 is 0 Å². The topological polar surface area (TPSA) is 108 Å². The van der Waals surface area contributed by atoms with Gasteiger partial charge in [-0.2, -0.15) is 0 Å². The van der Waals surface area contributed by atoms with Gasteiger partial charge in [0.25, 0.3) is 5.91 Å². The predicted molar refractivity (Wildman–Crippen MR) is 150 cm³/mol. The molecule has 0 saturated heterocycles. The molecule has 2 aromatic heterocycles. The summed E-state index contributed by atoms with van der Waals surface area (Å²) < 4.78 is 20.0. The number of nitrogens with two attached hydrogens (primary N) is 1. The average molecular weight is 515 g/mol. The van der Waals surface area contributed by atoms with Gasteiger partial charge < -0.3 is 26.1 Å². The van der Waals surface area contributed by atoms with E-state index in [1.165, 1.54) is 17.7 Å². The molecule has 0 saturated carbocycles. The molecule has 2 aromatic carbocycles. The number of H-pyrrole nitrogens is 1. The van der Waals surface area contributed by atoms with Crippen LogP contribution in [0.3, 0.4) is 0 Å². The molecule has 0 atom stereocenters.